The second-order valence-electron chi connectivity index (χ2n) is 7.71. The molecule has 1 aromatic heterocycles. The van der Waals surface area contributed by atoms with Gasteiger partial charge in [0.1, 0.15) is 11.5 Å². The first-order valence-corrected chi connectivity index (χ1v) is 11.6. The van der Waals surface area contributed by atoms with Crippen molar-refractivity contribution in [3.05, 3.63) is 59.9 Å². The topological polar surface area (TPSA) is 95.3 Å². The Kier molecular flexibility index (Phi) is 8.11. The van der Waals surface area contributed by atoms with Gasteiger partial charge in [0.25, 0.3) is 0 Å². The van der Waals surface area contributed by atoms with Crippen LogP contribution in [0.1, 0.15) is 56.0 Å². The molecule has 3 rings (SSSR count). The zero-order chi connectivity index (χ0) is 24.0. The van der Waals surface area contributed by atoms with E-state index < -0.39 is 0 Å². The minimum absolute atomic E-state index is 0.0162. The third kappa shape index (κ3) is 6.35. The summed E-state index contributed by atoms with van der Waals surface area (Å²) in [5.41, 5.74) is 1.24. The van der Waals surface area contributed by atoms with Crippen molar-refractivity contribution in [1.29, 1.82) is 0 Å². The summed E-state index contributed by atoms with van der Waals surface area (Å²) in [4.78, 5) is 23.8. The van der Waals surface area contributed by atoms with E-state index in [1.807, 2.05) is 49.6 Å². The van der Waals surface area contributed by atoms with E-state index in [2.05, 4.69) is 15.5 Å². The lowest BCUT2D eigenvalue weighted by atomic mass is 10.1. The van der Waals surface area contributed by atoms with Crippen molar-refractivity contribution >= 4 is 29.1 Å². The molecule has 0 aliphatic rings. The Balaban J connectivity index is 1.64. The molecular weight excluding hydrogens is 440 g/mol. The number of ketones is 1. The van der Waals surface area contributed by atoms with E-state index in [0.29, 0.717) is 28.0 Å². The molecule has 0 spiro atoms. The number of anilines is 1. The predicted molar refractivity (Wildman–Crippen MR) is 128 cm³/mol. The molecule has 0 saturated heterocycles. The Morgan fingerprint density at radius 3 is 2.21 bits per heavy atom. The molecular formula is C24H28N4O4S. The van der Waals surface area contributed by atoms with Crippen LogP contribution in [0.15, 0.2) is 53.7 Å². The van der Waals surface area contributed by atoms with Gasteiger partial charge in [0.05, 0.1) is 12.9 Å². The highest BCUT2D eigenvalue weighted by Crippen LogP contribution is 2.28. The molecule has 1 unspecified atom stereocenters. The summed E-state index contributed by atoms with van der Waals surface area (Å²) in [7, 11) is 1.62. The lowest BCUT2D eigenvalue weighted by Crippen LogP contribution is -2.16. The number of nitrogens with one attached hydrogen (secondary N) is 1. The SMILES string of the molecule is COc1ccc(OC(C)c2nnc(SCC(=O)Nc3ccc(C(C)=O)cc3)n2C(C)C)cc1. The molecule has 9 heteroatoms. The number of nitrogens with zero attached hydrogens (tertiary/aromatic N) is 3. The van der Waals surface area contributed by atoms with Crippen molar-refractivity contribution in [2.24, 2.45) is 0 Å². The van der Waals surface area contributed by atoms with Crippen LogP contribution in [0.3, 0.4) is 0 Å². The molecule has 2 aromatic carbocycles. The molecule has 0 aliphatic heterocycles. The van der Waals surface area contributed by atoms with Gasteiger partial charge < -0.3 is 19.4 Å². The van der Waals surface area contributed by atoms with E-state index in [1.54, 1.807) is 31.4 Å². The maximum atomic E-state index is 12.4. The number of thioether (sulfide) groups is 1. The van der Waals surface area contributed by atoms with Gasteiger partial charge in [0.2, 0.25) is 5.91 Å². The van der Waals surface area contributed by atoms with Gasteiger partial charge in [0, 0.05) is 17.3 Å². The fourth-order valence-corrected chi connectivity index (χ4v) is 4.05. The summed E-state index contributed by atoms with van der Waals surface area (Å²) >= 11 is 1.31. The van der Waals surface area contributed by atoms with E-state index in [4.69, 9.17) is 9.47 Å². The Bertz CT molecular complexity index is 1090. The standard InChI is InChI=1S/C24H28N4O4S/c1-15(2)28-23(17(4)32-21-12-10-20(31-5)11-13-21)26-27-24(28)33-14-22(30)25-19-8-6-18(7-9-19)16(3)29/h6-13,15,17H,14H2,1-5H3,(H,25,30). The maximum absolute atomic E-state index is 12.4. The monoisotopic (exact) mass is 468 g/mol. The highest BCUT2D eigenvalue weighted by molar-refractivity contribution is 7.99. The van der Waals surface area contributed by atoms with Crippen molar-refractivity contribution in [3.63, 3.8) is 0 Å². The number of aromatic nitrogens is 3. The molecule has 0 saturated carbocycles. The minimum Gasteiger partial charge on any atom is -0.497 e. The summed E-state index contributed by atoms with van der Waals surface area (Å²) < 4.78 is 13.2. The van der Waals surface area contributed by atoms with Crippen LogP contribution in [0.25, 0.3) is 0 Å². The Morgan fingerprint density at radius 1 is 1.00 bits per heavy atom. The van der Waals surface area contributed by atoms with Crippen molar-refractivity contribution in [2.75, 3.05) is 18.2 Å². The van der Waals surface area contributed by atoms with Crippen LogP contribution in [0.2, 0.25) is 0 Å². The van der Waals surface area contributed by atoms with Gasteiger partial charge in [-0.1, -0.05) is 11.8 Å². The number of Topliss-reactive ketones (excluding diaryl/α,β-unsaturated/α-hetero) is 1. The summed E-state index contributed by atoms with van der Waals surface area (Å²) in [5.74, 6) is 2.13. The van der Waals surface area contributed by atoms with E-state index >= 15 is 0 Å². The number of benzene rings is 2. The van der Waals surface area contributed by atoms with Gasteiger partial charge in [-0.25, -0.2) is 0 Å². The summed E-state index contributed by atoms with van der Waals surface area (Å²) in [6.45, 7) is 7.49. The highest BCUT2D eigenvalue weighted by Gasteiger charge is 2.22. The molecule has 1 heterocycles. The molecule has 1 N–H and O–H groups in total. The Hall–Kier alpha value is -3.33. The lowest BCUT2D eigenvalue weighted by molar-refractivity contribution is -0.113. The largest absolute Gasteiger partial charge is 0.497 e. The van der Waals surface area contributed by atoms with E-state index in [0.717, 1.165) is 5.75 Å². The van der Waals surface area contributed by atoms with Crippen LogP contribution in [0.4, 0.5) is 5.69 Å². The molecule has 174 valence electrons. The second-order valence-corrected chi connectivity index (χ2v) is 8.65. The van der Waals surface area contributed by atoms with Gasteiger partial charge in [-0.3, -0.25) is 9.59 Å². The Labute approximate surface area is 197 Å². The predicted octanol–water partition coefficient (Wildman–Crippen LogP) is 4.94. The van der Waals surface area contributed by atoms with Gasteiger partial charge in [-0.2, -0.15) is 0 Å². The zero-order valence-corrected chi connectivity index (χ0v) is 20.2. The van der Waals surface area contributed by atoms with Gasteiger partial charge >= 0.3 is 0 Å². The second kappa shape index (κ2) is 11.0. The molecule has 0 bridgehead atoms. The molecule has 8 nitrogen and oxygen atoms in total. The quantitative estimate of drug-likeness (QED) is 0.332. The fourth-order valence-electron chi connectivity index (χ4n) is 3.18. The first-order valence-electron chi connectivity index (χ1n) is 10.6. The fraction of sp³-hybridized carbons (Fsp3) is 0.333. The van der Waals surface area contributed by atoms with Gasteiger partial charge in [0.15, 0.2) is 22.9 Å². The molecule has 1 amide bonds. The van der Waals surface area contributed by atoms with E-state index in [-0.39, 0.29) is 29.6 Å². The van der Waals surface area contributed by atoms with Gasteiger partial charge in [-0.15, -0.1) is 10.2 Å². The molecule has 3 aromatic rings. The zero-order valence-electron chi connectivity index (χ0n) is 19.4. The maximum Gasteiger partial charge on any atom is 0.234 e. The van der Waals surface area contributed by atoms with Crippen molar-refractivity contribution < 1.29 is 19.1 Å². The number of hydrogen-bond donors (Lipinski definition) is 1. The first-order chi connectivity index (χ1) is 15.8. The summed E-state index contributed by atoms with van der Waals surface area (Å²) in [6, 6.07) is 14.3. The third-order valence-corrected chi connectivity index (χ3v) is 5.79. The van der Waals surface area contributed by atoms with Crippen LogP contribution in [-0.2, 0) is 4.79 Å². The number of methoxy groups -OCH3 is 1. The minimum atomic E-state index is -0.337. The van der Waals surface area contributed by atoms with E-state index in [9.17, 15) is 9.59 Å². The third-order valence-electron chi connectivity index (χ3n) is 4.85. The first kappa shape index (κ1) is 24.3. The number of rotatable bonds is 10. The number of amides is 1. The lowest BCUT2D eigenvalue weighted by Gasteiger charge is -2.19. The highest BCUT2D eigenvalue weighted by atomic mass is 32.2. The van der Waals surface area contributed by atoms with E-state index in [1.165, 1.54) is 18.7 Å². The van der Waals surface area contributed by atoms with Crippen LogP contribution in [0.5, 0.6) is 11.5 Å². The summed E-state index contributed by atoms with van der Waals surface area (Å²) in [6.07, 6.45) is -0.337. The Morgan fingerprint density at radius 2 is 1.64 bits per heavy atom. The number of carbonyl (C=O) groups is 2. The number of hydrogen-bond acceptors (Lipinski definition) is 7. The molecule has 0 fully saturated rings. The molecule has 1 atom stereocenters. The van der Waals surface area contributed by atoms with Gasteiger partial charge in [-0.05, 0) is 76.2 Å². The molecule has 33 heavy (non-hydrogen) atoms. The smallest absolute Gasteiger partial charge is 0.234 e. The van der Waals surface area contributed by atoms with Crippen LogP contribution in [0, 0.1) is 0 Å². The summed E-state index contributed by atoms with van der Waals surface area (Å²) in [5, 5.41) is 12.1. The molecule has 0 aliphatic carbocycles. The van der Waals surface area contributed by atoms with Crippen molar-refractivity contribution in [2.45, 2.75) is 45.0 Å². The number of carbonyl (C=O) groups excluding carboxylic acids is 2. The van der Waals surface area contributed by atoms with Crippen molar-refractivity contribution in [1.82, 2.24) is 14.8 Å². The van der Waals surface area contributed by atoms with Crippen LogP contribution < -0.4 is 14.8 Å². The average molecular weight is 469 g/mol. The molecule has 0 radical (unpaired) electrons. The van der Waals surface area contributed by atoms with Crippen molar-refractivity contribution in [3.8, 4) is 11.5 Å². The van der Waals surface area contributed by atoms with Crippen LogP contribution in [-0.4, -0.2) is 39.3 Å². The number of ether oxygens (including phenoxy) is 2. The average Bonchev–Trinajstić information content (AvgIpc) is 3.23. The van der Waals surface area contributed by atoms with Crippen LogP contribution >= 0.6 is 11.8 Å². The normalized spacial score (nSPS) is 11.8.